The van der Waals surface area contributed by atoms with Crippen LogP contribution in [0.25, 0.3) is 0 Å². The molecule has 0 aromatic heterocycles. The first-order valence-electron chi connectivity index (χ1n) is 8.54. The average Bonchev–Trinajstić information content (AvgIpc) is 2.52. The summed E-state index contributed by atoms with van der Waals surface area (Å²) in [5.74, 6) is 0.228. The number of piperidine rings is 1. The zero-order valence-corrected chi connectivity index (χ0v) is 14.8. The van der Waals surface area contributed by atoms with E-state index in [4.69, 9.17) is 0 Å². The van der Waals surface area contributed by atoms with Gasteiger partial charge >= 0.3 is 0 Å². The van der Waals surface area contributed by atoms with Crippen molar-refractivity contribution in [3.63, 3.8) is 0 Å². The number of carbonyl (C=O) groups excluding carboxylic acids is 3. The number of hydrogen-bond acceptors (Lipinski definition) is 3. The first kappa shape index (κ1) is 17.8. The molecule has 0 N–H and O–H groups in total. The van der Waals surface area contributed by atoms with E-state index >= 15 is 0 Å². The highest BCUT2D eigenvalue weighted by Crippen LogP contribution is 2.25. The van der Waals surface area contributed by atoms with Gasteiger partial charge in [0.25, 0.3) is 0 Å². The van der Waals surface area contributed by atoms with E-state index in [0.29, 0.717) is 32.7 Å². The quantitative estimate of drug-likeness (QED) is 0.722. The second-order valence-corrected chi connectivity index (χ2v) is 7.67. The first-order valence-corrected chi connectivity index (χ1v) is 8.54. The van der Waals surface area contributed by atoms with Gasteiger partial charge in [-0.3, -0.25) is 14.4 Å². The number of carbonyl (C=O) groups is 3. The highest BCUT2D eigenvalue weighted by atomic mass is 16.2. The Morgan fingerprint density at radius 1 is 0.870 bits per heavy atom. The molecule has 0 aromatic rings. The second kappa shape index (κ2) is 6.89. The Kier molecular flexibility index (Phi) is 5.32. The summed E-state index contributed by atoms with van der Waals surface area (Å²) in [6.45, 7) is 11.0. The van der Waals surface area contributed by atoms with Gasteiger partial charge in [0.15, 0.2) is 0 Å². The van der Waals surface area contributed by atoms with Gasteiger partial charge < -0.3 is 14.7 Å². The number of amides is 3. The lowest BCUT2D eigenvalue weighted by molar-refractivity contribution is -0.147. The standard InChI is InChI=1S/C17H29N3O3/c1-13(21)18-8-10-19(11-9-18)15(22)14-6-5-7-20(12-14)16(23)17(2,3)4/h14H,5-12H2,1-4H3. The van der Waals surface area contributed by atoms with Crippen LogP contribution in [0.3, 0.4) is 0 Å². The third kappa shape index (κ3) is 4.24. The van der Waals surface area contributed by atoms with Crippen molar-refractivity contribution in [3.05, 3.63) is 0 Å². The van der Waals surface area contributed by atoms with Crippen LogP contribution in [-0.2, 0) is 14.4 Å². The molecule has 0 aromatic carbocycles. The number of piperazine rings is 1. The maximum atomic E-state index is 12.7. The van der Waals surface area contributed by atoms with E-state index < -0.39 is 5.41 Å². The lowest BCUT2D eigenvalue weighted by Crippen LogP contribution is -2.54. The molecule has 0 radical (unpaired) electrons. The predicted octanol–water partition coefficient (Wildman–Crippen LogP) is 0.962. The molecular weight excluding hydrogens is 294 g/mol. The molecule has 2 aliphatic rings. The molecule has 6 heteroatoms. The fourth-order valence-corrected chi connectivity index (χ4v) is 3.34. The van der Waals surface area contributed by atoms with Crippen LogP contribution < -0.4 is 0 Å². The van der Waals surface area contributed by atoms with Crippen molar-refractivity contribution in [1.29, 1.82) is 0 Å². The van der Waals surface area contributed by atoms with Gasteiger partial charge in [0.2, 0.25) is 17.7 Å². The molecule has 6 nitrogen and oxygen atoms in total. The lowest BCUT2D eigenvalue weighted by atomic mass is 9.90. The minimum absolute atomic E-state index is 0.0664. The van der Waals surface area contributed by atoms with Crippen molar-refractivity contribution in [2.24, 2.45) is 11.3 Å². The van der Waals surface area contributed by atoms with Crippen LogP contribution in [0.2, 0.25) is 0 Å². The molecule has 0 spiro atoms. The van der Waals surface area contributed by atoms with Gasteiger partial charge in [-0.25, -0.2) is 0 Å². The van der Waals surface area contributed by atoms with Crippen LogP contribution in [0.5, 0.6) is 0 Å². The Balaban J connectivity index is 1.92. The molecule has 0 saturated carbocycles. The van der Waals surface area contributed by atoms with E-state index in [1.54, 1.807) is 11.8 Å². The largest absolute Gasteiger partial charge is 0.341 e. The van der Waals surface area contributed by atoms with Crippen LogP contribution in [0.1, 0.15) is 40.5 Å². The summed E-state index contributed by atoms with van der Waals surface area (Å²) in [7, 11) is 0. The highest BCUT2D eigenvalue weighted by molar-refractivity contribution is 5.84. The van der Waals surface area contributed by atoms with E-state index in [9.17, 15) is 14.4 Å². The minimum Gasteiger partial charge on any atom is -0.341 e. The normalized spacial score (nSPS) is 23.0. The summed E-state index contributed by atoms with van der Waals surface area (Å²) in [4.78, 5) is 42.0. The maximum Gasteiger partial charge on any atom is 0.227 e. The summed E-state index contributed by atoms with van der Waals surface area (Å²) in [6.07, 6.45) is 1.73. The molecule has 2 fully saturated rings. The molecular formula is C17H29N3O3. The van der Waals surface area contributed by atoms with E-state index in [-0.39, 0.29) is 23.6 Å². The molecule has 23 heavy (non-hydrogen) atoms. The van der Waals surface area contributed by atoms with Gasteiger partial charge in [-0.1, -0.05) is 20.8 Å². The summed E-state index contributed by atoms with van der Waals surface area (Å²) in [6, 6.07) is 0. The second-order valence-electron chi connectivity index (χ2n) is 7.67. The SMILES string of the molecule is CC(=O)N1CCN(C(=O)C2CCCN(C(=O)C(C)(C)C)C2)CC1. The van der Waals surface area contributed by atoms with Crippen LogP contribution in [0.15, 0.2) is 0 Å². The predicted molar refractivity (Wildman–Crippen MR) is 87.6 cm³/mol. The molecule has 1 unspecified atom stereocenters. The number of rotatable bonds is 1. The Bertz CT molecular complexity index is 476. The molecule has 0 aliphatic carbocycles. The van der Waals surface area contributed by atoms with E-state index in [1.807, 2.05) is 30.6 Å². The Morgan fingerprint density at radius 2 is 1.43 bits per heavy atom. The van der Waals surface area contributed by atoms with Crippen molar-refractivity contribution < 1.29 is 14.4 Å². The smallest absolute Gasteiger partial charge is 0.227 e. The third-order valence-electron chi connectivity index (χ3n) is 4.74. The van der Waals surface area contributed by atoms with Crippen LogP contribution >= 0.6 is 0 Å². The van der Waals surface area contributed by atoms with Gasteiger partial charge in [0.1, 0.15) is 0 Å². The number of likely N-dealkylation sites (tertiary alicyclic amines) is 1. The van der Waals surface area contributed by atoms with Gasteiger partial charge in [0.05, 0.1) is 5.92 Å². The van der Waals surface area contributed by atoms with E-state index in [0.717, 1.165) is 19.4 Å². The molecule has 2 saturated heterocycles. The zero-order valence-electron chi connectivity index (χ0n) is 14.8. The molecule has 130 valence electrons. The summed E-state index contributed by atoms with van der Waals surface area (Å²) in [5.41, 5.74) is -0.405. The molecule has 2 rings (SSSR count). The Labute approximate surface area is 138 Å². The molecule has 2 heterocycles. The van der Waals surface area contributed by atoms with Crippen molar-refractivity contribution in [1.82, 2.24) is 14.7 Å². The van der Waals surface area contributed by atoms with E-state index in [2.05, 4.69) is 0 Å². The summed E-state index contributed by atoms with van der Waals surface area (Å²) in [5, 5.41) is 0. The fourth-order valence-electron chi connectivity index (χ4n) is 3.34. The maximum absolute atomic E-state index is 12.7. The van der Waals surface area contributed by atoms with Crippen LogP contribution in [0, 0.1) is 11.3 Å². The average molecular weight is 323 g/mol. The van der Waals surface area contributed by atoms with Gasteiger partial charge in [-0.2, -0.15) is 0 Å². The third-order valence-corrected chi connectivity index (χ3v) is 4.74. The first-order chi connectivity index (χ1) is 10.7. The van der Waals surface area contributed by atoms with E-state index in [1.165, 1.54) is 0 Å². The van der Waals surface area contributed by atoms with Crippen LogP contribution in [-0.4, -0.2) is 71.7 Å². The minimum atomic E-state index is -0.405. The lowest BCUT2D eigenvalue weighted by Gasteiger charge is -2.40. The van der Waals surface area contributed by atoms with Gasteiger partial charge in [0, 0.05) is 51.6 Å². The zero-order chi connectivity index (χ0) is 17.2. The monoisotopic (exact) mass is 323 g/mol. The number of nitrogens with zero attached hydrogens (tertiary/aromatic N) is 3. The molecule has 3 amide bonds. The van der Waals surface area contributed by atoms with Crippen molar-refractivity contribution in [2.75, 3.05) is 39.3 Å². The number of hydrogen-bond donors (Lipinski definition) is 0. The Morgan fingerprint density at radius 3 is 1.96 bits per heavy atom. The van der Waals surface area contributed by atoms with Gasteiger partial charge in [-0.15, -0.1) is 0 Å². The molecule has 1 atom stereocenters. The van der Waals surface area contributed by atoms with Crippen molar-refractivity contribution in [3.8, 4) is 0 Å². The summed E-state index contributed by atoms with van der Waals surface area (Å²) < 4.78 is 0. The topological polar surface area (TPSA) is 60.9 Å². The van der Waals surface area contributed by atoms with Gasteiger partial charge in [-0.05, 0) is 12.8 Å². The van der Waals surface area contributed by atoms with Crippen molar-refractivity contribution in [2.45, 2.75) is 40.5 Å². The van der Waals surface area contributed by atoms with Crippen LogP contribution in [0.4, 0.5) is 0 Å². The fraction of sp³-hybridized carbons (Fsp3) is 0.824. The van der Waals surface area contributed by atoms with Crippen molar-refractivity contribution >= 4 is 17.7 Å². The molecule has 0 bridgehead atoms. The Hall–Kier alpha value is -1.59. The highest BCUT2D eigenvalue weighted by Gasteiger charge is 2.35. The summed E-state index contributed by atoms with van der Waals surface area (Å²) >= 11 is 0. The molecule has 2 aliphatic heterocycles.